The van der Waals surface area contributed by atoms with Gasteiger partial charge in [-0.05, 0) is 32.6 Å². The summed E-state index contributed by atoms with van der Waals surface area (Å²) in [5.41, 5.74) is 0. The quantitative estimate of drug-likeness (QED) is 0.814. The molecule has 1 unspecified atom stereocenters. The Hall–Kier alpha value is -1.69. The van der Waals surface area contributed by atoms with E-state index < -0.39 is 0 Å². The average molecular weight is 319 g/mol. The highest BCUT2D eigenvalue weighted by Gasteiger charge is 2.31. The minimum absolute atomic E-state index is 0.408. The fraction of sp³-hybridized carbons (Fsp3) is 0.600. The van der Waals surface area contributed by atoms with Crippen molar-refractivity contribution in [2.75, 3.05) is 18.0 Å². The number of piperidine rings is 1. The van der Waals surface area contributed by atoms with E-state index in [2.05, 4.69) is 29.6 Å². The fourth-order valence-corrected chi connectivity index (χ4v) is 3.47. The van der Waals surface area contributed by atoms with Gasteiger partial charge >= 0.3 is 0 Å². The van der Waals surface area contributed by atoms with E-state index in [1.165, 1.54) is 12.8 Å². The van der Waals surface area contributed by atoms with Crippen LogP contribution < -0.4 is 4.90 Å². The van der Waals surface area contributed by atoms with Crippen molar-refractivity contribution in [3.05, 3.63) is 29.2 Å². The van der Waals surface area contributed by atoms with Crippen LogP contribution in [0.3, 0.4) is 0 Å². The summed E-state index contributed by atoms with van der Waals surface area (Å²) in [5.74, 6) is 3.17. The first kappa shape index (κ1) is 13.9. The Kier molecular flexibility index (Phi) is 3.48. The van der Waals surface area contributed by atoms with Gasteiger partial charge in [-0.2, -0.15) is 0 Å². The van der Waals surface area contributed by atoms with Gasteiger partial charge < -0.3 is 9.47 Å². The molecule has 0 amide bonds. The van der Waals surface area contributed by atoms with Crippen LogP contribution in [0.4, 0.5) is 5.82 Å². The molecule has 3 heterocycles. The number of aromatic nitrogens is 5. The summed E-state index contributed by atoms with van der Waals surface area (Å²) in [4.78, 5) is 11.0. The second-order valence-electron chi connectivity index (χ2n) is 6.21. The highest BCUT2D eigenvalue weighted by molar-refractivity contribution is 6.29. The van der Waals surface area contributed by atoms with Crippen LogP contribution in [0.2, 0.25) is 5.15 Å². The lowest BCUT2D eigenvalue weighted by atomic mass is 9.97. The van der Waals surface area contributed by atoms with Crippen molar-refractivity contribution >= 4 is 17.4 Å². The topological polar surface area (TPSA) is 59.7 Å². The summed E-state index contributed by atoms with van der Waals surface area (Å²) in [5, 5.41) is 9.03. The van der Waals surface area contributed by atoms with E-state index in [9.17, 15) is 0 Å². The highest BCUT2D eigenvalue weighted by Crippen LogP contribution is 2.38. The molecule has 1 aliphatic heterocycles. The summed E-state index contributed by atoms with van der Waals surface area (Å²) in [6, 6.07) is 2.47. The highest BCUT2D eigenvalue weighted by atomic mass is 35.5. The summed E-state index contributed by atoms with van der Waals surface area (Å²) in [7, 11) is 0. The second kappa shape index (κ2) is 5.50. The van der Waals surface area contributed by atoms with Crippen molar-refractivity contribution in [3.63, 3.8) is 0 Å². The van der Waals surface area contributed by atoms with Crippen LogP contribution >= 0.6 is 11.6 Å². The molecule has 7 heteroatoms. The predicted octanol–water partition coefficient (Wildman–Crippen LogP) is 2.75. The molecule has 22 heavy (non-hydrogen) atoms. The predicted molar refractivity (Wildman–Crippen MR) is 84.3 cm³/mol. The number of anilines is 1. The van der Waals surface area contributed by atoms with Crippen molar-refractivity contribution in [1.82, 2.24) is 24.7 Å². The standard InChI is InChI=1S/C15H19ClN6/c1-10-18-13(16)7-14(19-10)21-6-2-3-11(8-21)15-20-17-9-22(15)12-4-5-12/h7,9,11-12H,2-6,8H2,1H3. The van der Waals surface area contributed by atoms with Crippen molar-refractivity contribution in [2.24, 2.45) is 0 Å². The minimum atomic E-state index is 0.408. The minimum Gasteiger partial charge on any atom is -0.356 e. The van der Waals surface area contributed by atoms with Crippen molar-refractivity contribution in [2.45, 2.75) is 44.6 Å². The normalized spacial score (nSPS) is 22.1. The van der Waals surface area contributed by atoms with Gasteiger partial charge in [-0.1, -0.05) is 11.6 Å². The Morgan fingerprint density at radius 2 is 2.09 bits per heavy atom. The maximum absolute atomic E-state index is 6.08. The summed E-state index contributed by atoms with van der Waals surface area (Å²) in [6.45, 7) is 3.79. The van der Waals surface area contributed by atoms with E-state index >= 15 is 0 Å². The van der Waals surface area contributed by atoms with E-state index in [0.717, 1.165) is 37.6 Å². The van der Waals surface area contributed by atoms with E-state index in [1.54, 1.807) is 0 Å². The van der Waals surface area contributed by atoms with Crippen molar-refractivity contribution in [3.8, 4) is 0 Å². The first-order chi connectivity index (χ1) is 10.7. The maximum Gasteiger partial charge on any atom is 0.137 e. The number of hydrogen-bond acceptors (Lipinski definition) is 5. The third-order valence-electron chi connectivity index (χ3n) is 4.44. The third-order valence-corrected chi connectivity index (χ3v) is 4.64. The number of halogens is 1. The lowest BCUT2D eigenvalue weighted by Gasteiger charge is -2.33. The molecule has 0 aromatic carbocycles. The Bertz CT molecular complexity index is 660. The van der Waals surface area contributed by atoms with E-state index in [4.69, 9.17) is 11.6 Å². The number of rotatable bonds is 3. The molecule has 1 saturated heterocycles. The van der Waals surface area contributed by atoms with Crippen molar-refractivity contribution in [1.29, 1.82) is 0 Å². The molecule has 2 aliphatic rings. The molecular weight excluding hydrogens is 300 g/mol. The van der Waals surface area contributed by atoms with Crippen LogP contribution in [-0.4, -0.2) is 37.8 Å². The fourth-order valence-electron chi connectivity index (χ4n) is 3.25. The van der Waals surface area contributed by atoms with Crippen LogP contribution in [0.1, 0.15) is 49.3 Å². The zero-order valence-electron chi connectivity index (χ0n) is 12.6. The first-order valence-corrected chi connectivity index (χ1v) is 8.24. The Labute approximate surface area is 134 Å². The Morgan fingerprint density at radius 3 is 2.86 bits per heavy atom. The summed E-state index contributed by atoms with van der Waals surface area (Å²) in [6.07, 6.45) is 6.67. The van der Waals surface area contributed by atoms with Gasteiger partial charge in [0.25, 0.3) is 0 Å². The molecule has 0 bridgehead atoms. The summed E-state index contributed by atoms with van der Waals surface area (Å²) < 4.78 is 2.27. The van der Waals surface area contributed by atoms with Crippen LogP contribution in [-0.2, 0) is 0 Å². The lowest BCUT2D eigenvalue weighted by Crippen LogP contribution is -2.36. The zero-order chi connectivity index (χ0) is 15.1. The maximum atomic E-state index is 6.08. The Balaban J connectivity index is 1.57. The van der Waals surface area contributed by atoms with E-state index in [0.29, 0.717) is 22.9 Å². The number of aryl methyl sites for hydroxylation is 1. The lowest BCUT2D eigenvalue weighted by molar-refractivity contribution is 0.469. The van der Waals surface area contributed by atoms with Gasteiger partial charge in [0.15, 0.2) is 0 Å². The molecule has 0 spiro atoms. The molecular formula is C15H19ClN6. The molecule has 4 rings (SSSR count). The molecule has 1 saturated carbocycles. The van der Waals surface area contributed by atoms with E-state index in [1.807, 2.05) is 19.3 Å². The molecule has 1 aliphatic carbocycles. The second-order valence-corrected chi connectivity index (χ2v) is 6.60. The largest absolute Gasteiger partial charge is 0.356 e. The van der Waals surface area contributed by atoms with Crippen LogP contribution in [0, 0.1) is 6.92 Å². The van der Waals surface area contributed by atoms with Gasteiger partial charge in [0.05, 0.1) is 0 Å². The summed E-state index contributed by atoms with van der Waals surface area (Å²) >= 11 is 6.08. The molecule has 0 radical (unpaired) electrons. The molecule has 1 atom stereocenters. The van der Waals surface area contributed by atoms with Gasteiger partial charge in [-0.3, -0.25) is 0 Å². The average Bonchev–Trinajstić information content (AvgIpc) is 3.23. The van der Waals surface area contributed by atoms with Crippen LogP contribution in [0.25, 0.3) is 0 Å². The van der Waals surface area contributed by atoms with Gasteiger partial charge in [0.2, 0.25) is 0 Å². The van der Waals surface area contributed by atoms with Gasteiger partial charge in [-0.25, -0.2) is 9.97 Å². The van der Waals surface area contributed by atoms with Crippen LogP contribution in [0.15, 0.2) is 12.4 Å². The smallest absolute Gasteiger partial charge is 0.137 e. The molecule has 116 valence electrons. The molecule has 0 N–H and O–H groups in total. The first-order valence-electron chi connectivity index (χ1n) is 7.86. The zero-order valence-corrected chi connectivity index (χ0v) is 13.4. The molecule has 6 nitrogen and oxygen atoms in total. The van der Waals surface area contributed by atoms with Crippen molar-refractivity contribution < 1.29 is 0 Å². The molecule has 2 fully saturated rings. The number of nitrogens with zero attached hydrogens (tertiary/aromatic N) is 6. The monoisotopic (exact) mass is 318 g/mol. The number of hydrogen-bond donors (Lipinski definition) is 0. The third kappa shape index (κ3) is 2.67. The van der Waals surface area contributed by atoms with Gasteiger partial charge in [-0.15, -0.1) is 10.2 Å². The molecule has 2 aromatic heterocycles. The van der Waals surface area contributed by atoms with Gasteiger partial charge in [0.1, 0.15) is 28.9 Å². The SMILES string of the molecule is Cc1nc(Cl)cc(N2CCCC(c3nncn3C3CC3)C2)n1. The van der Waals surface area contributed by atoms with Gasteiger partial charge in [0, 0.05) is 31.1 Å². The van der Waals surface area contributed by atoms with Crippen LogP contribution in [0.5, 0.6) is 0 Å². The van der Waals surface area contributed by atoms with E-state index in [-0.39, 0.29) is 0 Å². The molecule has 2 aromatic rings. The Morgan fingerprint density at radius 1 is 1.23 bits per heavy atom.